The van der Waals surface area contributed by atoms with E-state index in [4.69, 9.17) is 21.1 Å². The molecular weight excluding hydrogens is 342 g/mol. The van der Waals surface area contributed by atoms with Gasteiger partial charge in [0.05, 0.1) is 26.1 Å². The molecule has 0 aliphatic heterocycles. The molecule has 0 fully saturated rings. The lowest BCUT2D eigenvalue weighted by Gasteiger charge is -2.11. The minimum Gasteiger partial charge on any atom is -0.497 e. The molecule has 2 aromatic carbocycles. The summed E-state index contributed by atoms with van der Waals surface area (Å²) in [5.74, 6) is 2.22. The second-order valence-electron chi connectivity index (χ2n) is 4.99. The van der Waals surface area contributed by atoms with Crippen LogP contribution < -0.4 is 20.1 Å². The number of methoxy groups -OCH3 is 2. The van der Waals surface area contributed by atoms with Crippen molar-refractivity contribution in [1.29, 1.82) is 0 Å². The Morgan fingerprint density at radius 2 is 1.88 bits per heavy atom. The van der Waals surface area contributed by atoms with E-state index in [2.05, 4.69) is 25.8 Å². The molecule has 25 heavy (non-hydrogen) atoms. The third-order valence-corrected chi connectivity index (χ3v) is 3.54. The normalized spacial score (nSPS) is 10.2. The molecule has 8 heteroatoms. The molecule has 0 unspecified atom stereocenters. The maximum atomic E-state index is 6.04. The Kier molecular flexibility index (Phi) is 5.15. The molecule has 0 aliphatic carbocycles. The second-order valence-corrected chi connectivity index (χ2v) is 5.43. The summed E-state index contributed by atoms with van der Waals surface area (Å²) in [6.45, 7) is 0. The third-order valence-electron chi connectivity index (χ3n) is 3.31. The molecule has 0 atom stereocenters. The predicted molar refractivity (Wildman–Crippen MR) is 97.4 cm³/mol. The molecular formula is C17H16ClN5O2. The SMILES string of the molecule is COc1cccc(Nc2nncc(Nc3cc(Cl)ccc3OC)n2)c1. The van der Waals surface area contributed by atoms with Crippen molar-refractivity contribution >= 4 is 34.7 Å². The van der Waals surface area contributed by atoms with Gasteiger partial charge in [-0.2, -0.15) is 10.1 Å². The molecule has 1 heterocycles. The Balaban J connectivity index is 1.81. The zero-order valence-electron chi connectivity index (χ0n) is 13.7. The van der Waals surface area contributed by atoms with Crippen molar-refractivity contribution in [2.75, 3.05) is 24.9 Å². The summed E-state index contributed by atoms with van der Waals surface area (Å²) in [6.07, 6.45) is 1.51. The third kappa shape index (κ3) is 4.27. The summed E-state index contributed by atoms with van der Waals surface area (Å²) < 4.78 is 10.5. The summed E-state index contributed by atoms with van der Waals surface area (Å²) in [5, 5.41) is 14.7. The lowest BCUT2D eigenvalue weighted by molar-refractivity contribution is 0.415. The van der Waals surface area contributed by atoms with E-state index >= 15 is 0 Å². The van der Waals surface area contributed by atoms with Crippen molar-refractivity contribution in [2.45, 2.75) is 0 Å². The van der Waals surface area contributed by atoms with Gasteiger partial charge in [0.15, 0.2) is 5.82 Å². The molecule has 0 saturated carbocycles. The van der Waals surface area contributed by atoms with Gasteiger partial charge in [-0.3, -0.25) is 0 Å². The first-order chi connectivity index (χ1) is 12.2. The zero-order valence-corrected chi connectivity index (χ0v) is 14.4. The van der Waals surface area contributed by atoms with Crippen LogP contribution in [0.15, 0.2) is 48.7 Å². The molecule has 0 amide bonds. The number of anilines is 4. The van der Waals surface area contributed by atoms with E-state index in [0.29, 0.717) is 28.2 Å². The molecule has 2 N–H and O–H groups in total. The summed E-state index contributed by atoms with van der Waals surface area (Å²) in [7, 11) is 3.20. The van der Waals surface area contributed by atoms with Crippen LogP contribution in [0.25, 0.3) is 0 Å². The fraction of sp³-hybridized carbons (Fsp3) is 0.118. The molecule has 0 bridgehead atoms. The number of nitrogens with one attached hydrogen (secondary N) is 2. The first kappa shape index (κ1) is 16.8. The number of ether oxygens (including phenoxy) is 2. The molecule has 3 rings (SSSR count). The maximum absolute atomic E-state index is 6.04. The molecule has 7 nitrogen and oxygen atoms in total. The predicted octanol–water partition coefficient (Wildman–Crippen LogP) is 4.03. The Bertz CT molecular complexity index is 875. The average molecular weight is 358 g/mol. The van der Waals surface area contributed by atoms with Crippen molar-refractivity contribution in [3.05, 3.63) is 53.7 Å². The number of benzene rings is 2. The van der Waals surface area contributed by atoms with Gasteiger partial charge in [0.25, 0.3) is 0 Å². The summed E-state index contributed by atoms with van der Waals surface area (Å²) in [6, 6.07) is 12.7. The smallest absolute Gasteiger partial charge is 0.249 e. The summed E-state index contributed by atoms with van der Waals surface area (Å²) in [5.41, 5.74) is 1.47. The van der Waals surface area contributed by atoms with Crippen LogP contribution in [0.5, 0.6) is 11.5 Å². The van der Waals surface area contributed by atoms with E-state index in [-0.39, 0.29) is 0 Å². The lowest BCUT2D eigenvalue weighted by atomic mass is 10.3. The van der Waals surface area contributed by atoms with Crippen molar-refractivity contribution in [3.63, 3.8) is 0 Å². The van der Waals surface area contributed by atoms with E-state index in [9.17, 15) is 0 Å². The Hall–Kier alpha value is -3.06. The van der Waals surface area contributed by atoms with Crippen molar-refractivity contribution < 1.29 is 9.47 Å². The van der Waals surface area contributed by atoms with Crippen LogP contribution in [0, 0.1) is 0 Å². The van der Waals surface area contributed by atoms with Gasteiger partial charge in [0.2, 0.25) is 5.95 Å². The minimum absolute atomic E-state index is 0.347. The van der Waals surface area contributed by atoms with Crippen LogP contribution in [0.4, 0.5) is 23.1 Å². The first-order valence-electron chi connectivity index (χ1n) is 7.39. The number of rotatable bonds is 6. The fourth-order valence-corrected chi connectivity index (χ4v) is 2.33. The van der Waals surface area contributed by atoms with Crippen LogP contribution >= 0.6 is 11.6 Å². The number of halogens is 1. The molecule has 0 spiro atoms. The summed E-state index contributed by atoms with van der Waals surface area (Å²) >= 11 is 6.04. The second kappa shape index (κ2) is 7.67. The largest absolute Gasteiger partial charge is 0.497 e. The van der Waals surface area contributed by atoms with E-state index in [1.165, 1.54) is 6.20 Å². The van der Waals surface area contributed by atoms with Crippen LogP contribution in [0.2, 0.25) is 5.02 Å². The summed E-state index contributed by atoms with van der Waals surface area (Å²) in [4.78, 5) is 4.39. The van der Waals surface area contributed by atoms with Gasteiger partial charge in [-0.1, -0.05) is 17.7 Å². The van der Waals surface area contributed by atoms with Crippen molar-refractivity contribution in [1.82, 2.24) is 15.2 Å². The Morgan fingerprint density at radius 3 is 2.68 bits per heavy atom. The van der Waals surface area contributed by atoms with Crippen LogP contribution in [0.3, 0.4) is 0 Å². The van der Waals surface area contributed by atoms with Crippen LogP contribution in [-0.4, -0.2) is 29.4 Å². The van der Waals surface area contributed by atoms with Gasteiger partial charge in [-0.15, -0.1) is 5.10 Å². The van der Waals surface area contributed by atoms with Gasteiger partial charge in [-0.25, -0.2) is 0 Å². The van der Waals surface area contributed by atoms with E-state index < -0.39 is 0 Å². The molecule has 0 saturated heterocycles. The van der Waals surface area contributed by atoms with E-state index in [1.807, 2.05) is 24.3 Å². The molecule has 0 aliphatic rings. The van der Waals surface area contributed by atoms with Gasteiger partial charge in [-0.05, 0) is 30.3 Å². The minimum atomic E-state index is 0.347. The molecule has 128 valence electrons. The highest BCUT2D eigenvalue weighted by Gasteiger charge is 2.07. The highest BCUT2D eigenvalue weighted by Crippen LogP contribution is 2.30. The van der Waals surface area contributed by atoms with E-state index in [0.717, 1.165) is 11.4 Å². The highest BCUT2D eigenvalue weighted by atomic mass is 35.5. The molecule has 0 radical (unpaired) electrons. The standard InChI is InChI=1S/C17H16ClN5O2/c1-24-13-5-3-4-12(9-13)20-17-22-16(10-19-23-17)21-14-8-11(18)6-7-15(14)25-2/h3-10H,1-2H3,(H2,20,21,22,23). The molecule has 1 aromatic heterocycles. The quantitative estimate of drug-likeness (QED) is 0.689. The zero-order chi connectivity index (χ0) is 17.6. The van der Waals surface area contributed by atoms with E-state index in [1.54, 1.807) is 32.4 Å². The first-order valence-corrected chi connectivity index (χ1v) is 7.77. The van der Waals surface area contributed by atoms with Crippen LogP contribution in [0.1, 0.15) is 0 Å². The van der Waals surface area contributed by atoms with Crippen molar-refractivity contribution in [2.24, 2.45) is 0 Å². The van der Waals surface area contributed by atoms with Gasteiger partial charge in [0, 0.05) is 16.8 Å². The fourth-order valence-electron chi connectivity index (χ4n) is 2.16. The maximum Gasteiger partial charge on any atom is 0.249 e. The Morgan fingerprint density at radius 1 is 1.00 bits per heavy atom. The number of hydrogen-bond acceptors (Lipinski definition) is 7. The Labute approximate surface area is 150 Å². The monoisotopic (exact) mass is 357 g/mol. The van der Waals surface area contributed by atoms with Gasteiger partial charge >= 0.3 is 0 Å². The average Bonchev–Trinajstić information content (AvgIpc) is 2.62. The van der Waals surface area contributed by atoms with Crippen LogP contribution in [-0.2, 0) is 0 Å². The number of hydrogen-bond donors (Lipinski definition) is 2. The molecule has 3 aromatic rings. The number of nitrogens with zero attached hydrogens (tertiary/aromatic N) is 3. The van der Waals surface area contributed by atoms with Gasteiger partial charge in [0.1, 0.15) is 11.5 Å². The highest BCUT2D eigenvalue weighted by molar-refractivity contribution is 6.31. The van der Waals surface area contributed by atoms with Gasteiger partial charge < -0.3 is 20.1 Å². The topological polar surface area (TPSA) is 81.2 Å². The lowest BCUT2D eigenvalue weighted by Crippen LogP contribution is -2.03. The number of aromatic nitrogens is 3. The van der Waals surface area contributed by atoms with Crippen molar-refractivity contribution in [3.8, 4) is 11.5 Å².